The van der Waals surface area contributed by atoms with Crippen molar-refractivity contribution in [2.45, 2.75) is 37.3 Å². The number of rotatable bonds is 11. The van der Waals surface area contributed by atoms with Crippen LogP contribution in [0.2, 0.25) is 0 Å². The molecule has 3 atom stereocenters. The number of likely N-dealkylation sites (N-methyl/N-ethyl adjacent to an activating group) is 1. The van der Waals surface area contributed by atoms with Gasteiger partial charge >= 0.3 is 0 Å². The van der Waals surface area contributed by atoms with Crippen molar-refractivity contribution in [2.24, 2.45) is 16.5 Å². The molecule has 1 aliphatic rings. The highest BCUT2D eigenvalue weighted by atomic mass is 16.2. The third kappa shape index (κ3) is 8.07. The van der Waals surface area contributed by atoms with Gasteiger partial charge in [-0.15, -0.1) is 0 Å². The van der Waals surface area contributed by atoms with Gasteiger partial charge < -0.3 is 31.9 Å². The Kier molecular flexibility index (Phi) is 10.5. The van der Waals surface area contributed by atoms with E-state index in [1.807, 2.05) is 72.8 Å². The van der Waals surface area contributed by atoms with Gasteiger partial charge in [0.1, 0.15) is 0 Å². The van der Waals surface area contributed by atoms with E-state index in [4.69, 9.17) is 11.5 Å². The molecule has 4 rings (SSSR count). The van der Waals surface area contributed by atoms with Gasteiger partial charge in [-0.05, 0) is 47.7 Å². The second-order valence-corrected chi connectivity index (χ2v) is 10.9. The number of amides is 3. The van der Waals surface area contributed by atoms with Gasteiger partial charge in [0.15, 0.2) is 5.96 Å². The quantitative estimate of drug-likeness (QED) is 0.157. The number of nitrogens with two attached hydrogens (primary N) is 2. The Hall–Kier alpha value is -4.44. The minimum absolute atomic E-state index is 0.0129. The van der Waals surface area contributed by atoms with Gasteiger partial charge in [0, 0.05) is 51.9 Å². The Balaban J connectivity index is 1.48. The fourth-order valence-corrected chi connectivity index (χ4v) is 5.33. The summed E-state index contributed by atoms with van der Waals surface area (Å²) in [5, 5.41) is 8.59. The zero-order chi connectivity index (χ0) is 30.1. The minimum Gasteiger partial charge on any atom is -0.370 e. The number of hydrogen-bond donors (Lipinski definition) is 4. The molecule has 0 spiro atoms. The molecule has 6 N–H and O–H groups in total. The average Bonchev–Trinajstić information content (AvgIpc) is 3.14. The summed E-state index contributed by atoms with van der Waals surface area (Å²) in [6, 6.07) is 22.5. The summed E-state index contributed by atoms with van der Waals surface area (Å²) in [5.41, 5.74) is 12.4. The van der Waals surface area contributed by atoms with Gasteiger partial charge in [0.25, 0.3) is 5.91 Å². The zero-order valence-corrected chi connectivity index (χ0v) is 24.3. The van der Waals surface area contributed by atoms with Crippen molar-refractivity contribution < 1.29 is 14.4 Å². The molecule has 10 nitrogen and oxygen atoms in total. The van der Waals surface area contributed by atoms with Crippen LogP contribution in [0.25, 0.3) is 10.8 Å². The van der Waals surface area contributed by atoms with Crippen molar-refractivity contribution in [1.82, 2.24) is 20.4 Å². The van der Waals surface area contributed by atoms with E-state index in [0.29, 0.717) is 44.5 Å². The molecule has 0 aromatic heterocycles. The number of hydrogen-bond acceptors (Lipinski definition) is 5. The Bertz CT molecular complexity index is 1410. The molecule has 0 saturated carbocycles. The van der Waals surface area contributed by atoms with Crippen molar-refractivity contribution in [2.75, 3.05) is 40.3 Å². The Labute approximate surface area is 247 Å². The molecule has 0 aliphatic carbocycles. The molecule has 0 bridgehead atoms. The maximum Gasteiger partial charge on any atom is 0.251 e. The lowest BCUT2D eigenvalue weighted by molar-refractivity contribution is -0.135. The highest BCUT2D eigenvalue weighted by molar-refractivity contribution is 5.98. The number of carbonyl (C=O) groups is 3. The summed E-state index contributed by atoms with van der Waals surface area (Å²) in [6.45, 7) is 1.48. The first-order chi connectivity index (χ1) is 20.2. The number of guanidine groups is 1. The molecular formula is C32H41N7O3. The number of fused-ring (bicyclic) bond motifs is 1. The van der Waals surface area contributed by atoms with Crippen LogP contribution in [-0.2, 0) is 9.59 Å². The third-order valence-electron chi connectivity index (χ3n) is 7.60. The lowest BCUT2D eigenvalue weighted by Crippen LogP contribution is -2.49. The Morgan fingerprint density at radius 1 is 1.05 bits per heavy atom. The molecular weight excluding hydrogens is 530 g/mol. The topological polar surface area (TPSA) is 146 Å². The van der Waals surface area contributed by atoms with Crippen LogP contribution >= 0.6 is 0 Å². The first-order valence-electron chi connectivity index (χ1n) is 14.4. The minimum atomic E-state index is -0.504. The molecule has 3 aromatic rings. The van der Waals surface area contributed by atoms with E-state index in [-0.39, 0.29) is 36.3 Å². The van der Waals surface area contributed by atoms with Crippen LogP contribution in [0.5, 0.6) is 0 Å². The maximum absolute atomic E-state index is 13.8. The molecule has 10 heteroatoms. The van der Waals surface area contributed by atoms with Gasteiger partial charge in [-0.3, -0.25) is 19.4 Å². The van der Waals surface area contributed by atoms with Crippen LogP contribution in [0.15, 0.2) is 77.8 Å². The van der Waals surface area contributed by atoms with Crippen molar-refractivity contribution in [3.05, 3.63) is 83.9 Å². The average molecular weight is 572 g/mol. The largest absolute Gasteiger partial charge is 0.370 e. The van der Waals surface area contributed by atoms with Crippen LogP contribution in [-0.4, -0.2) is 85.8 Å². The molecule has 3 amide bonds. The van der Waals surface area contributed by atoms with E-state index < -0.39 is 12.0 Å². The van der Waals surface area contributed by atoms with Crippen molar-refractivity contribution >= 4 is 34.5 Å². The third-order valence-corrected chi connectivity index (χ3v) is 7.60. The number of aliphatic imine (C=N–C) groups is 1. The fraction of sp³-hybridized carbons (Fsp3) is 0.375. The molecule has 42 heavy (non-hydrogen) atoms. The van der Waals surface area contributed by atoms with Crippen LogP contribution < -0.4 is 22.1 Å². The molecule has 1 aliphatic heterocycles. The van der Waals surface area contributed by atoms with Crippen molar-refractivity contribution in [1.29, 1.82) is 0 Å². The Morgan fingerprint density at radius 2 is 1.76 bits per heavy atom. The molecule has 1 saturated heterocycles. The predicted octanol–water partition coefficient (Wildman–Crippen LogP) is 2.05. The van der Waals surface area contributed by atoms with Crippen molar-refractivity contribution in [3.8, 4) is 0 Å². The second-order valence-electron chi connectivity index (χ2n) is 10.9. The van der Waals surface area contributed by atoms with Crippen LogP contribution in [0.3, 0.4) is 0 Å². The SMILES string of the molecule is CN(C)C(=O)C(CN1CCC(CNC(=O)c2ccc3ccccc3c2)NC(CCCN=C(N)N)C1=O)c1ccccc1. The predicted molar refractivity (Wildman–Crippen MR) is 166 cm³/mol. The maximum atomic E-state index is 13.8. The normalized spacial score (nSPS) is 17.8. The summed E-state index contributed by atoms with van der Waals surface area (Å²) in [7, 11) is 3.45. The molecule has 3 aromatic carbocycles. The Morgan fingerprint density at radius 3 is 2.48 bits per heavy atom. The van der Waals surface area contributed by atoms with Crippen LogP contribution in [0.1, 0.15) is 41.1 Å². The zero-order valence-electron chi connectivity index (χ0n) is 24.3. The number of nitrogens with one attached hydrogen (secondary N) is 2. The molecule has 222 valence electrons. The molecule has 3 unspecified atom stereocenters. The molecule has 1 fully saturated rings. The van der Waals surface area contributed by atoms with Crippen LogP contribution in [0, 0.1) is 0 Å². The van der Waals surface area contributed by atoms with Crippen molar-refractivity contribution in [3.63, 3.8) is 0 Å². The lowest BCUT2D eigenvalue weighted by atomic mass is 9.96. The van der Waals surface area contributed by atoms with Gasteiger partial charge in [0.2, 0.25) is 11.8 Å². The van der Waals surface area contributed by atoms with E-state index in [2.05, 4.69) is 15.6 Å². The summed E-state index contributed by atoms with van der Waals surface area (Å²) in [6.07, 6.45) is 1.73. The number of nitrogens with zero attached hydrogens (tertiary/aromatic N) is 3. The van der Waals surface area contributed by atoms with E-state index in [9.17, 15) is 14.4 Å². The van der Waals surface area contributed by atoms with E-state index in [0.717, 1.165) is 16.3 Å². The number of carbonyl (C=O) groups excluding carboxylic acids is 3. The lowest BCUT2D eigenvalue weighted by Gasteiger charge is -2.29. The van der Waals surface area contributed by atoms with E-state index >= 15 is 0 Å². The van der Waals surface area contributed by atoms with E-state index in [1.165, 1.54) is 0 Å². The summed E-state index contributed by atoms with van der Waals surface area (Å²) in [5.74, 6) is -0.777. The smallest absolute Gasteiger partial charge is 0.251 e. The first kappa shape index (κ1) is 30.5. The standard InChI is InChI=1S/C32H41N7O3/c1-38(2)30(41)27(23-10-4-3-5-11-23)21-39-18-16-26(37-28(31(39)42)13-8-17-35-32(33)34)20-36-29(40)25-15-14-22-9-6-7-12-24(22)19-25/h3-7,9-12,14-15,19,26-28,37H,8,13,16-18,20-21H2,1-2H3,(H,36,40)(H4,33,34,35). The molecule has 0 radical (unpaired) electrons. The number of benzene rings is 3. The highest BCUT2D eigenvalue weighted by Crippen LogP contribution is 2.22. The van der Waals surface area contributed by atoms with E-state index in [1.54, 1.807) is 23.9 Å². The summed E-state index contributed by atoms with van der Waals surface area (Å²) < 4.78 is 0. The van der Waals surface area contributed by atoms with Gasteiger partial charge in [-0.2, -0.15) is 0 Å². The van der Waals surface area contributed by atoms with Gasteiger partial charge in [-0.1, -0.05) is 60.7 Å². The van der Waals surface area contributed by atoms with Gasteiger partial charge in [0.05, 0.1) is 12.0 Å². The van der Waals surface area contributed by atoms with Crippen LogP contribution in [0.4, 0.5) is 0 Å². The summed E-state index contributed by atoms with van der Waals surface area (Å²) in [4.78, 5) is 47.5. The monoisotopic (exact) mass is 571 g/mol. The fourth-order valence-electron chi connectivity index (χ4n) is 5.33. The first-order valence-corrected chi connectivity index (χ1v) is 14.4. The highest BCUT2D eigenvalue weighted by Gasteiger charge is 2.34. The van der Waals surface area contributed by atoms with Gasteiger partial charge in [-0.25, -0.2) is 0 Å². The molecule has 1 heterocycles. The second kappa shape index (κ2) is 14.5. The summed E-state index contributed by atoms with van der Waals surface area (Å²) >= 11 is 0.